The van der Waals surface area contributed by atoms with Gasteiger partial charge in [-0.25, -0.2) is 4.79 Å². The molecule has 0 bridgehead atoms. The molecule has 2 aromatic rings. The van der Waals surface area contributed by atoms with Gasteiger partial charge in [0.1, 0.15) is 18.8 Å². The molecule has 0 radical (unpaired) electrons. The Morgan fingerprint density at radius 2 is 1.79 bits per heavy atom. The maximum atomic E-state index is 11.7. The van der Waals surface area contributed by atoms with Gasteiger partial charge in [0.05, 0.1) is 0 Å². The first kappa shape index (κ1) is 18.9. The fourth-order valence-electron chi connectivity index (χ4n) is 1.97. The zero-order chi connectivity index (χ0) is 17.5. The first-order valence-electron chi connectivity index (χ1n) is 7.08. The molecule has 3 N–H and O–H groups in total. The Hall–Kier alpha value is -1.48. The summed E-state index contributed by atoms with van der Waals surface area (Å²) in [6.45, 7) is -0.0250. The third kappa shape index (κ3) is 5.27. The number of hydrogen-bond acceptors (Lipinski definition) is 5. The molecule has 6 nitrogen and oxygen atoms in total. The number of carbonyl (C=O) groups is 1. The van der Waals surface area contributed by atoms with Crippen LogP contribution in [0.1, 0.15) is 17.2 Å². The van der Waals surface area contributed by atoms with E-state index in [-0.39, 0.29) is 13.2 Å². The molecule has 8 heteroatoms. The van der Waals surface area contributed by atoms with Crippen molar-refractivity contribution in [3.63, 3.8) is 0 Å². The minimum atomic E-state index is -1.20. The third-order valence-electron chi connectivity index (χ3n) is 3.22. The minimum Gasteiger partial charge on any atom is -0.445 e. The summed E-state index contributed by atoms with van der Waals surface area (Å²) >= 11 is 6.54. The van der Waals surface area contributed by atoms with Crippen LogP contribution < -0.4 is 5.32 Å². The summed E-state index contributed by atoms with van der Waals surface area (Å²) in [4.78, 5) is 15.6. The molecule has 1 heterocycles. The lowest BCUT2D eigenvalue weighted by Gasteiger charge is -2.20. The fraction of sp³-hybridized carbons (Fsp3) is 0.250. The van der Waals surface area contributed by atoms with Gasteiger partial charge in [-0.15, -0.1) is 0 Å². The topological polar surface area (TPSA) is 91.7 Å². The van der Waals surface area contributed by atoms with Gasteiger partial charge in [-0.05, 0) is 37.4 Å². The van der Waals surface area contributed by atoms with Crippen LogP contribution >= 0.6 is 31.9 Å². The van der Waals surface area contributed by atoms with E-state index in [0.717, 1.165) is 5.56 Å². The van der Waals surface area contributed by atoms with Crippen molar-refractivity contribution in [3.8, 4) is 0 Å². The number of aliphatic hydroxyl groups is 2. The number of benzene rings is 1. The van der Waals surface area contributed by atoms with Crippen LogP contribution in [0.15, 0.2) is 51.7 Å². The molecule has 0 aliphatic rings. The molecule has 0 spiro atoms. The number of alkyl carbamates (subject to hydrolysis) is 1. The first-order valence-corrected chi connectivity index (χ1v) is 8.67. The fourth-order valence-corrected chi connectivity index (χ4v) is 3.37. The van der Waals surface area contributed by atoms with E-state index in [1.807, 2.05) is 30.3 Å². The van der Waals surface area contributed by atoms with E-state index < -0.39 is 18.3 Å². The molecule has 0 fully saturated rings. The van der Waals surface area contributed by atoms with Crippen LogP contribution in [0.2, 0.25) is 0 Å². The molecule has 2 unspecified atom stereocenters. The molecule has 2 rings (SSSR count). The highest BCUT2D eigenvalue weighted by atomic mass is 79.9. The normalized spacial score (nSPS) is 13.2. The predicted molar refractivity (Wildman–Crippen MR) is 95.2 cm³/mol. The summed E-state index contributed by atoms with van der Waals surface area (Å²) in [5.74, 6) is 0. The number of rotatable bonds is 6. The molecular weight excluding hydrogens is 444 g/mol. The van der Waals surface area contributed by atoms with Gasteiger partial charge in [0.2, 0.25) is 0 Å². The van der Waals surface area contributed by atoms with Gasteiger partial charge in [-0.1, -0.05) is 30.3 Å². The van der Waals surface area contributed by atoms with Crippen molar-refractivity contribution < 1.29 is 19.7 Å². The third-order valence-corrected chi connectivity index (χ3v) is 4.48. The van der Waals surface area contributed by atoms with Crippen LogP contribution in [0.25, 0.3) is 0 Å². The zero-order valence-corrected chi connectivity index (χ0v) is 15.7. The van der Waals surface area contributed by atoms with E-state index in [1.165, 1.54) is 12.4 Å². The molecule has 24 heavy (non-hydrogen) atoms. The number of carbonyl (C=O) groups excluding carboxylic acids is 1. The Labute approximate surface area is 156 Å². The van der Waals surface area contributed by atoms with E-state index in [4.69, 9.17) is 4.74 Å². The average Bonchev–Trinajstić information content (AvgIpc) is 2.58. The number of nitrogens with one attached hydrogen (secondary N) is 1. The summed E-state index contributed by atoms with van der Waals surface area (Å²) in [7, 11) is 0. The molecule has 1 aromatic carbocycles. The average molecular weight is 460 g/mol. The maximum Gasteiger partial charge on any atom is 0.407 e. The number of ether oxygens (including phenoxy) is 1. The Balaban J connectivity index is 1.83. The SMILES string of the molecule is O=C(NCC(O)C(O)c1c(Br)cncc1Br)OCc1ccccc1. The van der Waals surface area contributed by atoms with Gasteiger partial charge >= 0.3 is 6.09 Å². The summed E-state index contributed by atoms with van der Waals surface area (Å²) in [5, 5.41) is 22.7. The van der Waals surface area contributed by atoms with Crippen molar-refractivity contribution in [2.45, 2.75) is 18.8 Å². The highest BCUT2D eigenvalue weighted by Gasteiger charge is 2.23. The number of halogens is 2. The van der Waals surface area contributed by atoms with Crippen molar-refractivity contribution in [2.75, 3.05) is 6.54 Å². The Morgan fingerprint density at radius 3 is 2.42 bits per heavy atom. The molecule has 128 valence electrons. The summed E-state index contributed by atoms with van der Waals surface area (Å²) in [6, 6.07) is 9.24. The van der Waals surface area contributed by atoms with Crippen LogP contribution in [0.3, 0.4) is 0 Å². The molecule has 1 aromatic heterocycles. The number of pyridine rings is 1. The molecule has 0 saturated heterocycles. The van der Waals surface area contributed by atoms with Gasteiger partial charge < -0.3 is 20.3 Å². The molecule has 1 amide bonds. The summed E-state index contributed by atoms with van der Waals surface area (Å²) in [6.07, 6.45) is -0.0526. The number of amides is 1. The largest absolute Gasteiger partial charge is 0.445 e. The Bertz CT molecular complexity index is 665. The minimum absolute atomic E-state index is 0.132. The van der Waals surface area contributed by atoms with Crippen molar-refractivity contribution in [1.82, 2.24) is 10.3 Å². The second-order valence-electron chi connectivity index (χ2n) is 4.97. The lowest BCUT2D eigenvalue weighted by Crippen LogP contribution is -2.36. The zero-order valence-electron chi connectivity index (χ0n) is 12.5. The predicted octanol–water partition coefficient (Wildman–Crippen LogP) is 2.93. The Kier molecular flexibility index (Phi) is 7.16. The van der Waals surface area contributed by atoms with E-state index in [1.54, 1.807) is 0 Å². The van der Waals surface area contributed by atoms with Gasteiger partial charge in [0, 0.05) is 33.4 Å². The smallest absolute Gasteiger partial charge is 0.407 e. The second-order valence-corrected chi connectivity index (χ2v) is 6.68. The summed E-state index contributed by atoms with van der Waals surface area (Å²) in [5.41, 5.74) is 1.31. The van der Waals surface area contributed by atoms with Crippen LogP contribution in [0.5, 0.6) is 0 Å². The van der Waals surface area contributed by atoms with Gasteiger partial charge in [0.15, 0.2) is 0 Å². The second kappa shape index (κ2) is 9.12. The molecule has 2 atom stereocenters. The maximum absolute atomic E-state index is 11.7. The van der Waals surface area contributed by atoms with E-state index >= 15 is 0 Å². The number of nitrogens with zero attached hydrogens (tertiary/aromatic N) is 1. The van der Waals surface area contributed by atoms with Crippen LogP contribution in [0, 0.1) is 0 Å². The molecule has 0 saturated carbocycles. The van der Waals surface area contributed by atoms with E-state index in [0.29, 0.717) is 14.5 Å². The number of hydrogen-bond donors (Lipinski definition) is 3. The van der Waals surface area contributed by atoms with Crippen LogP contribution in [0.4, 0.5) is 4.79 Å². The summed E-state index contributed by atoms with van der Waals surface area (Å²) < 4.78 is 6.14. The Morgan fingerprint density at radius 1 is 1.17 bits per heavy atom. The first-order chi connectivity index (χ1) is 11.5. The van der Waals surface area contributed by atoms with Crippen molar-refractivity contribution in [2.24, 2.45) is 0 Å². The van der Waals surface area contributed by atoms with Crippen LogP contribution in [-0.4, -0.2) is 33.9 Å². The van der Waals surface area contributed by atoms with Gasteiger partial charge in [-0.2, -0.15) is 0 Å². The lowest BCUT2D eigenvalue weighted by molar-refractivity contribution is 0.0175. The van der Waals surface area contributed by atoms with Crippen LogP contribution in [-0.2, 0) is 11.3 Å². The van der Waals surface area contributed by atoms with E-state index in [2.05, 4.69) is 42.2 Å². The monoisotopic (exact) mass is 458 g/mol. The highest BCUT2D eigenvalue weighted by molar-refractivity contribution is 9.11. The quantitative estimate of drug-likeness (QED) is 0.617. The van der Waals surface area contributed by atoms with Gasteiger partial charge in [0.25, 0.3) is 0 Å². The molecule has 0 aliphatic heterocycles. The highest BCUT2D eigenvalue weighted by Crippen LogP contribution is 2.31. The molecule has 0 aliphatic carbocycles. The number of aliphatic hydroxyl groups excluding tert-OH is 2. The number of aromatic nitrogens is 1. The standard InChI is InChI=1S/C16H16Br2N2O4/c17-11-6-19-7-12(18)14(11)15(22)13(21)8-20-16(23)24-9-10-4-2-1-3-5-10/h1-7,13,15,21-22H,8-9H2,(H,20,23). The van der Waals surface area contributed by atoms with Crippen molar-refractivity contribution in [3.05, 3.63) is 62.8 Å². The van der Waals surface area contributed by atoms with Crippen molar-refractivity contribution in [1.29, 1.82) is 0 Å². The van der Waals surface area contributed by atoms with E-state index in [9.17, 15) is 15.0 Å². The molecular formula is C16H16Br2N2O4. The lowest BCUT2D eigenvalue weighted by atomic mass is 10.1. The van der Waals surface area contributed by atoms with Gasteiger partial charge in [-0.3, -0.25) is 4.98 Å². The van der Waals surface area contributed by atoms with Crippen molar-refractivity contribution >= 4 is 38.0 Å².